The van der Waals surface area contributed by atoms with E-state index in [0.29, 0.717) is 18.0 Å². The molecule has 1 saturated carbocycles. The van der Waals surface area contributed by atoms with E-state index in [1.165, 1.54) is 32.6 Å². The molecular formula is C19H27ClN2O2. The van der Waals surface area contributed by atoms with Crippen molar-refractivity contribution in [3.8, 4) is 0 Å². The van der Waals surface area contributed by atoms with E-state index in [4.69, 9.17) is 11.6 Å². The summed E-state index contributed by atoms with van der Waals surface area (Å²) < 4.78 is 0. The van der Waals surface area contributed by atoms with Crippen LogP contribution in [0.5, 0.6) is 0 Å². The van der Waals surface area contributed by atoms with E-state index >= 15 is 0 Å². The maximum absolute atomic E-state index is 12.3. The molecule has 24 heavy (non-hydrogen) atoms. The number of carbonyl (C=O) groups excluding carboxylic acids is 2. The molecule has 1 aliphatic rings. The Morgan fingerprint density at radius 3 is 2.33 bits per heavy atom. The van der Waals surface area contributed by atoms with Crippen LogP contribution >= 0.6 is 11.6 Å². The second-order valence-electron chi connectivity index (χ2n) is 6.57. The molecule has 132 valence electrons. The van der Waals surface area contributed by atoms with Gasteiger partial charge in [0.05, 0.1) is 6.54 Å². The van der Waals surface area contributed by atoms with Crippen LogP contribution in [0.25, 0.3) is 0 Å². The number of nitrogens with zero attached hydrogens (tertiary/aromatic N) is 1. The van der Waals surface area contributed by atoms with Crippen LogP contribution in [-0.2, 0) is 16.0 Å². The van der Waals surface area contributed by atoms with Crippen LogP contribution in [0.4, 0.5) is 0 Å². The third-order valence-electron chi connectivity index (χ3n) is 4.58. The second-order valence-corrected chi connectivity index (χ2v) is 7.01. The van der Waals surface area contributed by atoms with Crippen molar-refractivity contribution in [1.29, 1.82) is 0 Å². The number of halogens is 1. The molecule has 2 amide bonds. The lowest BCUT2D eigenvalue weighted by Gasteiger charge is -2.23. The first-order chi connectivity index (χ1) is 11.5. The minimum atomic E-state index is -0.0695. The van der Waals surface area contributed by atoms with E-state index < -0.39 is 0 Å². The first-order valence-electron chi connectivity index (χ1n) is 8.84. The van der Waals surface area contributed by atoms with Crippen molar-refractivity contribution < 1.29 is 9.59 Å². The molecule has 2 rings (SSSR count). The van der Waals surface area contributed by atoms with Crippen LogP contribution in [0.3, 0.4) is 0 Å². The number of amides is 2. The van der Waals surface area contributed by atoms with E-state index in [1.807, 2.05) is 24.3 Å². The number of carbonyl (C=O) groups is 2. The fourth-order valence-corrected chi connectivity index (χ4v) is 3.26. The molecule has 1 aromatic rings. The molecule has 0 aliphatic heterocycles. The van der Waals surface area contributed by atoms with Gasteiger partial charge in [0.2, 0.25) is 11.8 Å². The highest BCUT2D eigenvalue weighted by molar-refractivity contribution is 6.30. The predicted octanol–water partition coefficient (Wildman–Crippen LogP) is 3.57. The van der Waals surface area contributed by atoms with Crippen LogP contribution < -0.4 is 5.32 Å². The average Bonchev–Trinajstić information content (AvgIpc) is 2.81. The van der Waals surface area contributed by atoms with Gasteiger partial charge in [-0.2, -0.15) is 0 Å². The summed E-state index contributed by atoms with van der Waals surface area (Å²) in [5, 5.41) is 3.80. The van der Waals surface area contributed by atoms with Gasteiger partial charge in [0.15, 0.2) is 0 Å². The molecule has 0 spiro atoms. The minimum Gasteiger partial charge on any atom is -0.352 e. The fraction of sp³-hybridized carbons (Fsp3) is 0.579. The Hall–Kier alpha value is -1.55. The van der Waals surface area contributed by atoms with Crippen LogP contribution in [0.15, 0.2) is 24.3 Å². The minimum absolute atomic E-state index is 0.0480. The van der Waals surface area contributed by atoms with Gasteiger partial charge in [0.1, 0.15) is 0 Å². The predicted molar refractivity (Wildman–Crippen MR) is 97.0 cm³/mol. The average molecular weight is 351 g/mol. The molecule has 1 N–H and O–H groups in total. The Balaban J connectivity index is 1.82. The van der Waals surface area contributed by atoms with Gasteiger partial charge in [-0.25, -0.2) is 0 Å². The molecule has 0 aromatic heterocycles. The summed E-state index contributed by atoms with van der Waals surface area (Å²) in [5.41, 5.74) is 1.11. The van der Waals surface area contributed by atoms with Gasteiger partial charge < -0.3 is 10.2 Å². The van der Waals surface area contributed by atoms with Crippen LogP contribution in [0, 0.1) is 0 Å². The molecule has 4 nitrogen and oxygen atoms in total. The SMILES string of the molecule is CC(=O)N(CCc1ccc(Cl)cc1)CC(=O)NC1CCCCCC1. The standard InChI is InChI=1S/C19H27ClN2O2/c1-15(23)22(13-12-16-8-10-17(20)11-9-16)14-19(24)21-18-6-4-2-3-5-7-18/h8-11,18H,2-7,12-14H2,1H3,(H,21,24). The van der Waals surface area contributed by atoms with Gasteiger partial charge in [-0.15, -0.1) is 0 Å². The number of hydrogen-bond donors (Lipinski definition) is 1. The lowest BCUT2D eigenvalue weighted by Crippen LogP contribution is -2.44. The molecule has 0 atom stereocenters. The third kappa shape index (κ3) is 6.52. The smallest absolute Gasteiger partial charge is 0.239 e. The number of nitrogens with one attached hydrogen (secondary N) is 1. The Morgan fingerprint density at radius 1 is 1.12 bits per heavy atom. The molecule has 0 heterocycles. The summed E-state index contributed by atoms with van der Waals surface area (Å²) in [5.74, 6) is -0.117. The molecule has 0 unspecified atom stereocenters. The van der Waals surface area contributed by atoms with Gasteiger partial charge in [0.25, 0.3) is 0 Å². The fourth-order valence-electron chi connectivity index (χ4n) is 3.13. The maximum atomic E-state index is 12.3. The van der Waals surface area contributed by atoms with E-state index in [0.717, 1.165) is 18.4 Å². The molecule has 0 saturated heterocycles. The number of hydrogen-bond acceptors (Lipinski definition) is 2. The molecular weight excluding hydrogens is 324 g/mol. The summed E-state index contributed by atoms with van der Waals surface area (Å²) in [7, 11) is 0. The highest BCUT2D eigenvalue weighted by Gasteiger charge is 2.18. The van der Waals surface area contributed by atoms with E-state index in [2.05, 4.69) is 5.32 Å². The summed E-state index contributed by atoms with van der Waals surface area (Å²) in [6.07, 6.45) is 7.69. The zero-order chi connectivity index (χ0) is 17.4. The topological polar surface area (TPSA) is 49.4 Å². The van der Waals surface area contributed by atoms with E-state index in [1.54, 1.807) is 4.90 Å². The zero-order valence-corrected chi connectivity index (χ0v) is 15.1. The summed E-state index contributed by atoms with van der Waals surface area (Å²) >= 11 is 5.88. The third-order valence-corrected chi connectivity index (χ3v) is 4.84. The Kier molecular flexibility index (Phi) is 7.57. The van der Waals surface area contributed by atoms with Crippen molar-refractivity contribution in [2.45, 2.75) is 57.9 Å². The Morgan fingerprint density at radius 2 is 1.75 bits per heavy atom. The van der Waals surface area contributed by atoms with Crippen molar-refractivity contribution in [3.05, 3.63) is 34.9 Å². The molecule has 0 radical (unpaired) electrons. The van der Waals surface area contributed by atoms with Gasteiger partial charge in [-0.1, -0.05) is 49.4 Å². The van der Waals surface area contributed by atoms with Gasteiger partial charge in [-0.05, 0) is 37.0 Å². The molecule has 1 aromatic carbocycles. The quantitative estimate of drug-likeness (QED) is 0.797. The first kappa shape index (κ1) is 18.8. The van der Waals surface area contributed by atoms with Crippen molar-refractivity contribution >= 4 is 23.4 Å². The van der Waals surface area contributed by atoms with Gasteiger partial charge >= 0.3 is 0 Å². The summed E-state index contributed by atoms with van der Waals surface area (Å²) in [4.78, 5) is 25.7. The second kappa shape index (κ2) is 9.67. The van der Waals surface area contributed by atoms with Gasteiger partial charge in [-0.3, -0.25) is 9.59 Å². The van der Waals surface area contributed by atoms with Crippen molar-refractivity contribution in [3.63, 3.8) is 0 Å². The normalized spacial score (nSPS) is 15.6. The van der Waals surface area contributed by atoms with Crippen LogP contribution in [0.1, 0.15) is 51.0 Å². The van der Waals surface area contributed by atoms with Crippen molar-refractivity contribution in [2.75, 3.05) is 13.1 Å². The molecule has 0 bridgehead atoms. The van der Waals surface area contributed by atoms with Crippen LogP contribution in [-0.4, -0.2) is 35.8 Å². The van der Waals surface area contributed by atoms with Crippen molar-refractivity contribution in [1.82, 2.24) is 10.2 Å². The molecule has 5 heteroatoms. The van der Waals surface area contributed by atoms with Crippen molar-refractivity contribution in [2.24, 2.45) is 0 Å². The lowest BCUT2D eigenvalue weighted by molar-refractivity contribution is -0.134. The molecule has 1 aliphatic carbocycles. The van der Waals surface area contributed by atoms with Gasteiger partial charge in [0, 0.05) is 24.5 Å². The monoisotopic (exact) mass is 350 g/mol. The maximum Gasteiger partial charge on any atom is 0.239 e. The Labute approximate surface area is 149 Å². The summed E-state index contributed by atoms with van der Waals surface area (Å²) in [6, 6.07) is 7.85. The van der Waals surface area contributed by atoms with E-state index in [9.17, 15) is 9.59 Å². The van der Waals surface area contributed by atoms with E-state index in [-0.39, 0.29) is 24.4 Å². The number of rotatable bonds is 6. The number of benzene rings is 1. The largest absolute Gasteiger partial charge is 0.352 e. The molecule has 1 fully saturated rings. The highest BCUT2D eigenvalue weighted by atomic mass is 35.5. The van der Waals surface area contributed by atoms with Crippen LogP contribution in [0.2, 0.25) is 5.02 Å². The lowest BCUT2D eigenvalue weighted by atomic mass is 10.1. The Bertz CT molecular complexity index is 537. The zero-order valence-electron chi connectivity index (χ0n) is 14.4. The summed E-state index contributed by atoms with van der Waals surface area (Å²) in [6.45, 7) is 2.19. The highest BCUT2D eigenvalue weighted by Crippen LogP contribution is 2.17. The first-order valence-corrected chi connectivity index (χ1v) is 9.21.